The van der Waals surface area contributed by atoms with Gasteiger partial charge in [0.15, 0.2) is 0 Å². The van der Waals surface area contributed by atoms with Gasteiger partial charge in [0.25, 0.3) is 0 Å². The summed E-state index contributed by atoms with van der Waals surface area (Å²) in [5.41, 5.74) is 6.56. The highest BCUT2D eigenvalue weighted by molar-refractivity contribution is 5.79. The van der Waals surface area contributed by atoms with E-state index in [0.29, 0.717) is 19.5 Å². The normalized spacial score (nSPS) is 12.9. The van der Waals surface area contributed by atoms with E-state index < -0.39 is 0 Å². The highest BCUT2D eigenvalue weighted by Crippen LogP contribution is 2.31. The lowest BCUT2D eigenvalue weighted by atomic mass is 10.1. The van der Waals surface area contributed by atoms with Gasteiger partial charge in [-0.25, -0.2) is 4.68 Å². The van der Waals surface area contributed by atoms with Crippen molar-refractivity contribution in [1.29, 1.82) is 0 Å². The standard InChI is InChI=1S/C25H24N4O/c1-18-8-10-21(11-9-18)29-25(27-12-3-4-13-27)22-16-28(17-23(22)26-29)24(30)15-20-7-5-6-19(2)14-20/h3-14H,15-17H2,1-2H3. The quantitative estimate of drug-likeness (QED) is 0.514. The minimum Gasteiger partial charge on any atom is -0.332 e. The predicted octanol–water partition coefficient (Wildman–Crippen LogP) is 4.36. The Morgan fingerprint density at radius 1 is 0.933 bits per heavy atom. The molecule has 0 saturated carbocycles. The van der Waals surface area contributed by atoms with Crippen LogP contribution in [0.5, 0.6) is 0 Å². The number of aryl methyl sites for hydroxylation is 2. The molecule has 2 aromatic heterocycles. The van der Waals surface area contributed by atoms with Gasteiger partial charge in [0.1, 0.15) is 5.82 Å². The Hall–Kier alpha value is -3.60. The minimum absolute atomic E-state index is 0.138. The summed E-state index contributed by atoms with van der Waals surface area (Å²) in [6, 6.07) is 20.5. The number of nitrogens with zero attached hydrogens (tertiary/aromatic N) is 4. The Bertz CT molecular complexity index is 1200. The van der Waals surface area contributed by atoms with E-state index in [0.717, 1.165) is 28.3 Å². The zero-order chi connectivity index (χ0) is 20.7. The maximum Gasteiger partial charge on any atom is 0.227 e. The summed E-state index contributed by atoms with van der Waals surface area (Å²) in [7, 11) is 0. The zero-order valence-corrected chi connectivity index (χ0v) is 17.2. The van der Waals surface area contributed by atoms with Gasteiger partial charge in [-0.15, -0.1) is 0 Å². The molecule has 5 nitrogen and oxygen atoms in total. The van der Waals surface area contributed by atoms with Crippen LogP contribution in [0.1, 0.15) is 27.9 Å². The third kappa shape index (κ3) is 3.32. The lowest BCUT2D eigenvalue weighted by Crippen LogP contribution is -2.28. The van der Waals surface area contributed by atoms with Gasteiger partial charge in [0, 0.05) is 18.0 Å². The van der Waals surface area contributed by atoms with Gasteiger partial charge in [-0.1, -0.05) is 47.5 Å². The molecular formula is C25H24N4O. The zero-order valence-electron chi connectivity index (χ0n) is 17.2. The van der Waals surface area contributed by atoms with E-state index in [1.807, 2.05) is 46.2 Å². The molecule has 0 saturated heterocycles. The highest BCUT2D eigenvalue weighted by atomic mass is 16.2. The van der Waals surface area contributed by atoms with Crippen LogP contribution in [0, 0.1) is 13.8 Å². The molecule has 0 spiro atoms. The number of carbonyl (C=O) groups excluding carboxylic acids is 1. The molecule has 5 heteroatoms. The number of hydrogen-bond donors (Lipinski definition) is 0. The summed E-state index contributed by atoms with van der Waals surface area (Å²) in [6.07, 6.45) is 4.47. The molecule has 3 heterocycles. The van der Waals surface area contributed by atoms with Crippen molar-refractivity contribution in [3.63, 3.8) is 0 Å². The molecule has 30 heavy (non-hydrogen) atoms. The van der Waals surface area contributed by atoms with Gasteiger partial charge in [0.05, 0.1) is 30.9 Å². The first-order valence-corrected chi connectivity index (χ1v) is 10.2. The molecule has 1 amide bonds. The summed E-state index contributed by atoms with van der Waals surface area (Å²) in [4.78, 5) is 14.9. The lowest BCUT2D eigenvalue weighted by molar-refractivity contribution is -0.131. The van der Waals surface area contributed by atoms with Crippen molar-refractivity contribution in [3.8, 4) is 11.5 Å². The van der Waals surface area contributed by atoms with Crippen molar-refractivity contribution < 1.29 is 4.79 Å². The van der Waals surface area contributed by atoms with Crippen molar-refractivity contribution in [2.24, 2.45) is 0 Å². The molecule has 4 aromatic rings. The fourth-order valence-electron chi connectivity index (χ4n) is 4.09. The summed E-state index contributed by atoms with van der Waals surface area (Å²) in [5, 5.41) is 4.90. The highest BCUT2D eigenvalue weighted by Gasteiger charge is 2.31. The summed E-state index contributed by atoms with van der Waals surface area (Å²) < 4.78 is 4.08. The van der Waals surface area contributed by atoms with Crippen LogP contribution in [-0.4, -0.2) is 25.2 Å². The Balaban J connectivity index is 1.46. The van der Waals surface area contributed by atoms with Gasteiger partial charge in [-0.2, -0.15) is 5.10 Å². The van der Waals surface area contributed by atoms with Crippen molar-refractivity contribution in [1.82, 2.24) is 19.2 Å². The SMILES string of the molecule is Cc1ccc(-n2nc3c(c2-n2cccc2)CN(C(=O)Cc2cccc(C)c2)C3)cc1. The maximum absolute atomic E-state index is 13.0. The average molecular weight is 396 g/mol. The van der Waals surface area contributed by atoms with Crippen LogP contribution in [0.15, 0.2) is 73.1 Å². The van der Waals surface area contributed by atoms with Crippen LogP contribution in [0.3, 0.4) is 0 Å². The molecule has 2 aromatic carbocycles. The number of carbonyl (C=O) groups is 1. The second-order valence-corrected chi connectivity index (χ2v) is 8.00. The van der Waals surface area contributed by atoms with E-state index in [1.165, 1.54) is 11.1 Å². The van der Waals surface area contributed by atoms with Crippen molar-refractivity contribution >= 4 is 5.91 Å². The van der Waals surface area contributed by atoms with Crippen LogP contribution in [0.2, 0.25) is 0 Å². The molecule has 0 aliphatic carbocycles. The monoisotopic (exact) mass is 396 g/mol. The van der Waals surface area contributed by atoms with Crippen LogP contribution in [-0.2, 0) is 24.3 Å². The first-order chi connectivity index (χ1) is 14.6. The molecule has 1 aliphatic heterocycles. The fourth-order valence-corrected chi connectivity index (χ4v) is 4.09. The lowest BCUT2D eigenvalue weighted by Gasteiger charge is -2.18. The first-order valence-electron chi connectivity index (χ1n) is 10.2. The largest absolute Gasteiger partial charge is 0.332 e. The third-order valence-corrected chi connectivity index (χ3v) is 5.65. The van der Waals surface area contributed by atoms with Crippen LogP contribution >= 0.6 is 0 Å². The number of aromatic nitrogens is 3. The van der Waals surface area contributed by atoms with E-state index in [-0.39, 0.29) is 5.91 Å². The fraction of sp³-hybridized carbons (Fsp3) is 0.200. The van der Waals surface area contributed by atoms with Gasteiger partial charge in [-0.3, -0.25) is 4.79 Å². The second kappa shape index (κ2) is 7.34. The Labute approximate surface area is 176 Å². The number of fused-ring (bicyclic) bond motifs is 1. The average Bonchev–Trinajstić information content (AvgIpc) is 3.44. The summed E-state index contributed by atoms with van der Waals surface area (Å²) in [6.45, 7) is 5.26. The van der Waals surface area contributed by atoms with Crippen molar-refractivity contribution in [3.05, 3.63) is 101 Å². The van der Waals surface area contributed by atoms with Crippen LogP contribution in [0.4, 0.5) is 0 Å². The summed E-state index contributed by atoms with van der Waals surface area (Å²) in [5.74, 6) is 1.14. The van der Waals surface area contributed by atoms with E-state index in [9.17, 15) is 4.79 Å². The predicted molar refractivity (Wildman–Crippen MR) is 117 cm³/mol. The molecule has 1 aliphatic rings. The minimum atomic E-state index is 0.138. The molecule has 0 radical (unpaired) electrons. The van der Waals surface area contributed by atoms with E-state index in [1.54, 1.807) is 0 Å². The molecule has 5 rings (SSSR count). The molecule has 0 atom stereocenters. The molecule has 0 N–H and O–H groups in total. The van der Waals surface area contributed by atoms with E-state index in [4.69, 9.17) is 5.10 Å². The molecule has 0 fully saturated rings. The number of hydrogen-bond acceptors (Lipinski definition) is 2. The number of benzene rings is 2. The van der Waals surface area contributed by atoms with Crippen LogP contribution in [0.25, 0.3) is 11.5 Å². The number of rotatable bonds is 4. The first kappa shape index (κ1) is 18.4. The molecule has 0 unspecified atom stereocenters. The smallest absolute Gasteiger partial charge is 0.227 e. The molecule has 150 valence electrons. The van der Waals surface area contributed by atoms with Gasteiger partial charge < -0.3 is 9.47 Å². The number of amides is 1. The second-order valence-electron chi connectivity index (χ2n) is 8.00. The van der Waals surface area contributed by atoms with Crippen molar-refractivity contribution in [2.45, 2.75) is 33.4 Å². The van der Waals surface area contributed by atoms with Gasteiger partial charge >= 0.3 is 0 Å². The van der Waals surface area contributed by atoms with E-state index >= 15 is 0 Å². The topological polar surface area (TPSA) is 43.1 Å². The third-order valence-electron chi connectivity index (χ3n) is 5.65. The Kier molecular flexibility index (Phi) is 4.51. The van der Waals surface area contributed by atoms with Gasteiger partial charge in [-0.05, 0) is 43.7 Å². The van der Waals surface area contributed by atoms with Crippen molar-refractivity contribution in [2.75, 3.05) is 0 Å². The summed E-state index contributed by atoms with van der Waals surface area (Å²) >= 11 is 0. The molecule has 0 bridgehead atoms. The van der Waals surface area contributed by atoms with Gasteiger partial charge in [0.2, 0.25) is 5.91 Å². The maximum atomic E-state index is 13.0. The Morgan fingerprint density at radius 3 is 2.43 bits per heavy atom. The van der Waals surface area contributed by atoms with E-state index in [2.05, 4.69) is 54.8 Å². The van der Waals surface area contributed by atoms with Crippen LogP contribution < -0.4 is 0 Å². The Morgan fingerprint density at radius 2 is 1.70 bits per heavy atom. The molecular weight excluding hydrogens is 372 g/mol.